The Morgan fingerprint density at radius 1 is 1.50 bits per heavy atom. The zero-order valence-electron chi connectivity index (χ0n) is 5.13. The van der Waals surface area contributed by atoms with Crippen molar-refractivity contribution in [3.63, 3.8) is 0 Å². The number of hydrogen-bond donors (Lipinski definition) is 1. The number of aromatic nitrogens is 2. The molecule has 2 rings (SSSR count). The number of H-pyrrole nitrogens is 1. The lowest BCUT2D eigenvalue weighted by Crippen LogP contribution is -1.72. The van der Waals surface area contributed by atoms with Crippen LogP contribution in [0.2, 0.25) is 0 Å². The molecule has 0 amide bonds. The summed E-state index contributed by atoms with van der Waals surface area (Å²) in [6.45, 7) is 0. The maximum Gasteiger partial charge on any atom is 0.193 e. The van der Waals surface area contributed by atoms with E-state index in [0.717, 1.165) is 5.39 Å². The largest absolute Gasteiger partial charge is 0.316 e. The van der Waals surface area contributed by atoms with Gasteiger partial charge < -0.3 is 4.98 Å². The monoisotopic (exact) mass is 136 g/mol. The van der Waals surface area contributed by atoms with Crippen LogP contribution >= 0.6 is 0 Å². The summed E-state index contributed by atoms with van der Waals surface area (Å²) in [5.41, 5.74) is 0.597. The van der Waals surface area contributed by atoms with E-state index in [2.05, 4.69) is 9.97 Å². The van der Waals surface area contributed by atoms with E-state index < -0.39 is 0 Å². The van der Waals surface area contributed by atoms with E-state index >= 15 is 0 Å². The van der Waals surface area contributed by atoms with Crippen LogP contribution in [-0.4, -0.2) is 9.97 Å². The third-order valence-corrected chi connectivity index (χ3v) is 1.36. The molecule has 3 heteroatoms. The van der Waals surface area contributed by atoms with Crippen molar-refractivity contribution in [2.75, 3.05) is 0 Å². The maximum atomic E-state index is 12.4. The summed E-state index contributed by atoms with van der Waals surface area (Å²) in [6, 6.07) is 5.00. The fourth-order valence-corrected chi connectivity index (χ4v) is 0.924. The predicted molar refractivity (Wildman–Crippen MR) is 36.1 cm³/mol. The highest BCUT2D eigenvalue weighted by Crippen LogP contribution is 2.09. The number of pyridine rings is 1. The van der Waals surface area contributed by atoms with Crippen LogP contribution in [0.4, 0.5) is 4.39 Å². The Balaban J connectivity index is 2.88. The minimum absolute atomic E-state index is 0.339. The van der Waals surface area contributed by atoms with E-state index in [9.17, 15) is 4.39 Å². The minimum atomic E-state index is -0.339. The average molecular weight is 136 g/mol. The highest BCUT2D eigenvalue weighted by atomic mass is 19.1. The second kappa shape index (κ2) is 1.80. The van der Waals surface area contributed by atoms with Gasteiger partial charge in [-0.15, -0.1) is 0 Å². The van der Waals surface area contributed by atoms with Crippen molar-refractivity contribution in [3.05, 3.63) is 30.3 Å². The third-order valence-electron chi connectivity index (χ3n) is 1.36. The molecule has 0 saturated carbocycles. The van der Waals surface area contributed by atoms with Crippen molar-refractivity contribution in [1.29, 1.82) is 0 Å². The molecule has 0 aliphatic heterocycles. The van der Waals surface area contributed by atoms with Gasteiger partial charge in [0.2, 0.25) is 0 Å². The molecule has 0 radical (unpaired) electrons. The average Bonchev–Trinajstić information content (AvgIpc) is 2.27. The van der Waals surface area contributed by atoms with Gasteiger partial charge in [0.1, 0.15) is 5.65 Å². The molecule has 0 fully saturated rings. The van der Waals surface area contributed by atoms with Crippen LogP contribution in [0.1, 0.15) is 0 Å². The number of halogens is 1. The molecule has 50 valence electrons. The number of nitrogens with zero attached hydrogens (tertiary/aromatic N) is 1. The second-order valence-electron chi connectivity index (χ2n) is 2.06. The van der Waals surface area contributed by atoms with E-state index in [1.54, 1.807) is 12.3 Å². The fraction of sp³-hybridized carbons (Fsp3) is 0. The molecule has 0 aliphatic carbocycles. The van der Waals surface area contributed by atoms with E-state index in [4.69, 9.17) is 0 Å². The molecule has 2 heterocycles. The first-order valence-corrected chi connectivity index (χ1v) is 2.95. The number of hydrogen-bond acceptors (Lipinski definition) is 1. The van der Waals surface area contributed by atoms with Gasteiger partial charge in [0.15, 0.2) is 5.95 Å². The van der Waals surface area contributed by atoms with E-state index in [1.807, 2.05) is 6.07 Å². The fourth-order valence-electron chi connectivity index (χ4n) is 0.924. The molecule has 2 aromatic heterocycles. The summed E-state index contributed by atoms with van der Waals surface area (Å²) in [5.74, 6) is -0.339. The van der Waals surface area contributed by atoms with E-state index in [-0.39, 0.29) is 5.95 Å². The molecule has 1 N–H and O–H groups in total. The summed E-state index contributed by atoms with van der Waals surface area (Å²) in [7, 11) is 0. The van der Waals surface area contributed by atoms with Crippen molar-refractivity contribution >= 4 is 11.0 Å². The summed E-state index contributed by atoms with van der Waals surface area (Å²) < 4.78 is 12.4. The van der Waals surface area contributed by atoms with Gasteiger partial charge in [-0.3, -0.25) is 0 Å². The molecular formula is C7H5FN2. The van der Waals surface area contributed by atoms with Gasteiger partial charge in [0, 0.05) is 17.6 Å². The molecule has 2 nitrogen and oxygen atoms in total. The Kier molecular flexibility index (Phi) is 0.974. The molecule has 0 spiro atoms. The normalized spacial score (nSPS) is 10.5. The molecule has 0 saturated heterocycles. The van der Waals surface area contributed by atoms with Crippen LogP contribution in [0, 0.1) is 5.95 Å². The highest BCUT2D eigenvalue weighted by Gasteiger charge is 1.96. The first-order chi connectivity index (χ1) is 4.86. The number of nitrogens with one attached hydrogen (secondary N) is 1. The van der Waals surface area contributed by atoms with Crippen LogP contribution in [0.15, 0.2) is 24.4 Å². The molecule has 0 unspecified atom stereocenters. The topological polar surface area (TPSA) is 28.7 Å². The molecule has 0 aliphatic rings. The van der Waals surface area contributed by atoms with Gasteiger partial charge in [-0.05, 0) is 12.1 Å². The SMILES string of the molecule is Fc1cc2cccnc2[nH]1. The van der Waals surface area contributed by atoms with Crippen LogP contribution in [-0.2, 0) is 0 Å². The van der Waals surface area contributed by atoms with E-state index in [0.29, 0.717) is 5.65 Å². The summed E-state index contributed by atoms with van der Waals surface area (Å²) in [5, 5.41) is 0.806. The Morgan fingerprint density at radius 2 is 2.40 bits per heavy atom. The second-order valence-corrected chi connectivity index (χ2v) is 2.06. The van der Waals surface area contributed by atoms with Gasteiger partial charge >= 0.3 is 0 Å². The smallest absolute Gasteiger partial charge is 0.193 e. The van der Waals surface area contributed by atoms with Gasteiger partial charge in [-0.1, -0.05) is 0 Å². The van der Waals surface area contributed by atoms with Gasteiger partial charge in [0.25, 0.3) is 0 Å². The molecular weight excluding hydrogens is 131 g/mol. The van der Waals surface area contributed by atoms with Crippen LogP contribution in [0.5, 0.6) is 0 Å². The van der Waals surface area contributed by atoms with Crippen LogP contribution < -0.4 is 0 Å². The number of fused-ring (bicyclic) bond motifs is 1. The Bertz CT molecular complexity index is 320. The zero-order valence-corrected chi connectivity index (χ0v) is 5.13. The van der Waals surface area contributed by atoms with Crippen molar-refractivity contribution in [2.45, 2.75) is 0 Å². The van der Waals surface area contributed by atoms with E-state index in [1.165, 1.54) is 6.07 Å². The van der Waals surface area contributed by atoms with Gasteiger partial charge in [-0.2, -0.15) is 4.39 Å². The van der Waals surface area contributed by atoms with Crippen LogP contribution in [0.3, 0.4) is 0 Å². The third kappa shape index (κ3) is 0.673. The molecule has 10 heavy (non-hydrogen) atoms. The molecule has 0 atom stereocenters. The first kappa shape index (κ1) is 5.41. The lowest BCUT2D eigenvalue weighted by Gasteiger charge is -1.82. The van der Waals surface area contributed by atoms with Crippen molar-refractivity contribution < 1.29 is 4.39 Å². The Morgan fingerprint density at radius 3 is 3.20 bits per heavy atom. The first-order valence-electron chi connectivity index (χ1n) is 2.95. The quantitative estimate of drug-likeness (QED) is 0.586. The lowest BCUT2D eigenvalue weighted by atomic mass is 10.3. The molecule has 0 aromatic carbocycles. The Hall–Kier alpha value is -1.38. The van der Waals surface area contributed by atoms with Crippen molar-refractivity contribution in [1.82, 2.24) is 9.97 Å². The number of aromatic amines is 1. The highest BCUT2D eigenvalue weighted by molar-refractivity contribution is 5.74. The van der Waals surface area contributed by atoms with Gasteiger partial charge in [0.05, 0.1) is 0 Å². The van der Waals surface area contributed by atoms with Crippen LogP contribution in [0.25, 0.3) is 11.0 Å². The molecule has 0 bridgehead atoms. The number of rotatable bonds is 0. The maximum absolute atomic E-state index is 12.4. The Labute approximate surface area is 56.7 Å². The minimum Gasteiger partial charge on any atom is -0.316 e. The zero-order chi connectivity index (χ0) is 6.97. The van der Waals surface area contributed by atoms with Crippen molar-refractivity contribution in [3.8, 4) is 0 Å². The summed E-state index contributed by atoms with van der Waals surface area (Å²) in [4.78, 5) is 6.39. The van der Waals surface area contributed by atoms with Gasteiger partial charge in [-0.25, -0.2) is 4.98 Å². The summed E-state index contributed by atoms with van der Waals surface area (Å²) >= 11 is 0. The molecule has 2 aromatic rings. The van der Waals surface area contributed by atoms with Crippen molar-refractivity contribution in [2.24, 2.45) is 0 Å². The predicted octanol–water partition coefficient (Wildman–Crippen LogP) is 1.70. The standard InChI is InChI=1S/C7H5FN2/c8-6-4-5-2-1-3-9-7(5)10-6/h1-4H,(H,9,10). The summed E-state index contributed by atoms with van der Waals surface area (Å²) in [6.07, 6.45) is 1.62. The lowest BCUT2D eigenvalue weighted by molar-refractivity contribution is 0.594.